The minimum absolute atomic E-state index is 0.214. The van der Waals surface area contributed by atoms with Gasteiger partial charge in [0, 0.05) is 25.2 Å². The molecule has 0 aliphatic heterocycles. The Labute approximate surface area is 124 Å². The Morgan fingerprint density at radius 3 is 1.67 bits per heavy atom. The molecule has 0 aliphatic carbocycles. The molecule has 0 heterocycles. The fourth-order valence-electron chi connectivity index (χ4n) is 2.09. The third kappa shape index (κ3) is 3.28. The molecular formula is C17H18N2O2. The maximum atomic E-state index is 11.9. The summed E-state index contributed by atoms with van der Waals surface area (Å²) in [7, 11) is 3.14. The van der Waals surface area contributed by atoms with Crippen LogP contribution in [-0.4, -0.2) is 25.9 Å². The summed E-state index contributed by atoms with van der Waals surface area (Å²) in [6.07, 6.45) is 0. The number of hydrogen-bond acceptors (Lipinski definition) is 2. The SMILES string of the molecule is CNC(=O)c1cc(C(=O)NC)cc(-c2ccc(C)cc2)c1. The number of rotatable bonds is 3. The molecule has 2 rings (SSSR count). The molecule has 0 bridgehead atoms. The lowest BCUT2D eigenvalue weighted by Crippen LogP contribution is -2.21. The van der Waals surface area contributed by atoms with Crippen molar-refractivity contribution in [2.45, 2.75) is 6.92 Å². The van der Waals surface area contributed by atoms with Gasteiger partial charge in [-0.3, -0.25) is 9.59 Å². The Kier molecular flexibility index (Phi) is 4.38. The van der Waals surface area contributed by atoms with E-state index in [0.29, 0.717) is 11.1 Å². The molecule has 0 atom stereocenters. The molecule has 0 unspecified atom stereocenters. The highest BCUT2D eigenvalue weighted by atomic mass is 16.2. The molecule has 21 heavy (non-hydrogen) atoms. The van der Waals surface area contributed by atoms with Crippen LogP contribution >= 0.6 is 0 Å². The van der Waals surface area contributed by atoms with E-state index >= 15 is 0 Å². The van der Waals surface area contributed by atoms with Crippen LogP contribution in [0.5, 0.6) is 0 Å². The normalized spacial score (nSPS) is 10.0. The maximum absolute atomic E-state index is 11.9. The lowest BCUT2D eigenvalue weighted by Gasteiger charge is -2.09. The van der Waals surface area contributed by atoms with Crippen LogP contribution in [0.25, 0.3) is 11.1 Å². The summed E-state index contributed by atoms with van der Waals surface area (Å²) in [5.74, 6) is -0.428. The number of hydrogen-bond donors (Lipinski definition) is 2. The molecule has 2 aromatic rings. The lowest BCUT2D eigenvalue weighted by atomic mass is 9.98. The molecule has 4 nitrogen and oxygen atoms in total. The smallest absolute Gasteiger partial charge is 0.251 e. The third-order valence-corrected chi connectivity index (χ3v) is 3.30. The highest BCUT2D eigenvalue weighted by Crippen LogP contribution is 2.23. The van der Waals surface area contributed by atoms with Crippen LogP contribution in [-0.2, 0) is 0 Å². The molecule has 0 spiro atoms. The van der Waals surface area contributed by atoms with Crippen molar-refractivity contribution in [2.24, 2.45) is 0 Å². The highest BCUT2D eigenvalue weighted by Gasteiger charge is 2.12. The van der Waals surface area contributed by atoms with E-state index in [0.717, 1.165) is 16.7 Å². The van der Waals surface area contributed by atoms with E-state index in [-0.39, 0.29) is 11.8 Å². The van der Waals surface area contributed by atoms with Crippen LogP contribution in [0.15, 0.2) is 42.5 Å². The molecule has 0 aliphatic rings. The van der Waals surface area contributed by atoms with Gasteiger partial charge in [0.15, 0.2) is 0 Å². The van der Waals surface area contributed by atoms with Crippen LogP contribution < -0.4 is 10.6 Å². The summed E-state index contributed by atoms with van der Waals surface area (Å²) in [4.78, 5) is 23.7. The second-order valence-electron chi connectivity index (χ2n) is 4.82. The Morgan fingerprint density at radius 1 is 0.762 bits per heavy atom. The predicted octanol–water partition coefficient (Wildman–Crippen LogP) is 2.38. The van der Waals surface area contributed by atoms with E-state index in [9.17, 15) is 9.59 Å². The van der Waals surface area contributed by atoms with E-state index in [1.807, 2.05) is 31.2 Å². The van der Waals surface area contributed by atoms with Gasteiger partial charge in [0.25, 0.3) is 11.8 Å². The van der Waals surface area contributed by atoms with Gasteiger partial charge >= 0.3 is 0 Å². The van der Waals surface area contributed by atoms with Gasteiger partial charge in [-0.25, -0.2) is 0 Å². The van der Waals surface area contributed by atoms with E-state index in [1.54, 1.807) is 32.3 Å². The molecule has 0 fully saturated rings. The number of carbonyl (C=O) groups is 2. The van der Waals surface area contributed by atoms with Crippen molar-refractivity contribution in [3.63, 3.8) is 0 Å². The number of nitrogens with one attached hydrogen (secondary N) is 2. The molecule has 2 aromatic carbocycles. The minimum Gasteiger partial charge on any atom is -0.355 e. The van der Waals surface area contributed by atoms with E-state index in [2.05, 4.69) is 10.6 Å². The topological polar surface area (TPSA) is 58.2 Å². The van der Waals surface area contributed by atoms with Gasteiger partial charge in [-0.05, 0) is 36.2 Å². The first kappa shape index (κ1) is 14.8. The summed E-state index contributed by atoms with van der Waals surface area (Å²) in [6.45, 7) is 2.01. The van der Waals surface area contributed by atoms with Gasteiger partial charge in [-0.15, -0.1) is 0 Å². The average molecular weight is 282 g/mol. The first-order valence-corrected chi connectivity index (χ1v) is 6.71. The van der Waals surface area contributed by atoms with Crippen LogP contribution in [0, 0.1) is 6.92 Å². The van der Waals surface area contributed by atoms with Crippen LogP contribution in [0.2, 0.25) is 0 Å². The number of carbonyl (C=O) groups excluding carboxylic acids is 2. The van der Waals surface area contributed by atoms with Crippen LogP contribution in [0.4, 0.5) is 0 Å². The summed E-state index contributed by atoms with van der Waals surface area (Å²) in [5.41, 5.74) is 3.90. The zero-order valence-corrected chi connectivity index (χ0v) is 12.4. The molecule has 108 valence electrons. The van der Waals surface area contributed by atoms with Gasteiger partial charge < -0.3 is 10.6 Å². The summed E-state index contributed by atoms with van der Waals surface area (Å²) in [5, 5.41) is 5.17. The van der Waals surface area contributed by atoms with E-state index < -0.39 is 0 Å². The van der Waals surface area contributed by atoms with E-state index in [4.69, 9.17) is 0 Å². The van der Waals surface area contributed by atoms with Crippen molar-refractivity contribution >= 4 is 11.8 Å². The molecule has 2 N–H and O–H groups in total. The molecular weight excluding hydrogens is 264 g/mol. The van der Waals surface area contributed by atoms with Gasteiger partial charge in [0.2, 0.25) is 0 Å². The molecule has 0 radical (unpaired) electrons. The first-order chi connectivity index (χ1) is 10.0. The molecule has 0 aromatic heterocycles. The van der Waals surface area contributed by atoms with Crippen LogP contribution in [0.1, 0.15) is 26.3 Å². The second kappa shape index (κ2) is 6.22. The monoisotopic (exact) mass is 282 g/mol. The number of amides is 2. The molecule has 2 amide bonds. The molecule has 0 saturated carbocycles. The Hall–Kier alpha value is -2.62. The molecule has 0 saturated heterocycles. The molecule has 4 heteroatoms. The Bertz CT molecular complexity index is 641. The highest BCUT2D eigenvalue weighted by molar-refractivity contribution is 6.01. The van der Waals surface area contributed by atoms with Crippen LogP contribution in [0.3, 0.4) is 0 Å². The quantitative estimate of drug-likeness (QED) is 0.908. The van der Waals surface area contributed by atoms with Gasteiger partial charge in [-0.1, -0.05) is 29.8 Å². The third-order valence-electron chi connectivity index (χ3n) is 3.30. The number of benzene rings is 2. The lowest BCUT2D eigenvalue weighted by molar-refractivity contribution is 0.0962. The fraction of sp³-hybridized carbons (Fsp3) is 0.176. The van der Waals surface area contributed by atoms with Crippen molar-refractivity contribution in [2.75, 3.05) is 14.1 Å². The predicted molar refractivity (Wildman–Crippen MR) is 83.4 cm³/mol. The maximum Gasteiger partial charge on any atom is 0.251 e. The minimum atomic E-state index is -0.214. The number of aryl methyl sites for hydroxylation is 1. The van der Waals surface area contributed by atoms with Crippen molar-refractivity contribution < 1.29 is 9.59 Å². The first-order valence-electron chi connectivity index (χ1n) is 6.71. The van der Waals surface area contributed by atoms with Gasteiger partial charge in [-0.2, -0.15) is 0 Å². The van der Waals surface area contributed by atoms with Gasteiger partial charge in [0.1, 0.15) is 0 Å². The zero-order chi connectivity index (χ0) is 15.4. The Balaban J connectivity index is 2.56. The summed E-state index contributed by atoms with van der Waals surface area (Å²) < 4.78 is 0. The Morgan fingerprint density at radius 2 is 1.24 bits per heavy atom. The summed E-state index contributed by atoms with van der Waals surface area (Å²) >= 11 is 0. The van der Waals surface area contributed by atoms with E-state index in [1.165, 1.54) is 0 Å². The van der Waals surface area contributed by atoms with Crippen molar-refractivity contribution in [3.8, 4) is 11.1 Å². The average Bonchev–Trinajstić information content (AvgIpc) is 2.53. The second-order valence-corrected chi connectivity index (χ2v) is 4.82. The standard InChI is InChI=1S/C17H18N2O2/c1-11-4-6-12(7-5-11)13-8-14(16(20)18-2)10-15(9-13)17(21)19-3/h4-10H,1-3H3,(H,18,20)(H,19,21). The fourth-order valence-corrected chi connectivity index (χ4v) is 2.09. The van der Waals surface area contributed by atoms with Crippen molar-refractivity contribution in [1.29, 1.82) is 0 Å². The largest absolute Gasteiger partial charge is 0.355 e. The zero-order valence-electron chi connectivity index (χ0n) is 12.4. The summed E-state index contributed by atoms with van der Waals surface area (Å²) in [6, 6.07) is 13.1. The van der Waals surface area contributed by atoms with Gasteiger partial charge in [0.05, 0.1) is 0 Å². The van der Waals surface area contributed by atoms with Crippen molar-refractivity contribution in [3.05, 3.63) is 59.2 Å². The van der Waals surface area contributed by atoms with Crippen molar-refractivity contribution in [1.82, 2.24) is 10.6 Å².